The standard InChI is InChI=1S/C24H25N3O3S/c1-15-5-6-16(2)19(10-15)26-24-27(12-18-4-3-9-29-18)21(14-31-24)17-7-8-22-20(11-17)25-23(28)13-30-22/h5-8,10-11,14,18H,3-4,9,12-13H2,1-2H3,(H,25,28). The number of nitrogens with one attached hydrogen (secondary N) is 1. The third kappa shape index (κ3) is 4.16. The topological polar surface area (TPSA) is 64.8 Å². The van der Waals surface area contributed by atoms with Gasteiger partial charge in [-0.1, -0.05) is 12.1 Å². The molecule has 1 saturated heterocycles. The maximum atomic E-state index is 11.8. The molecule has 1 atom stereocenters. The third-order valence-electron chi connectivity index (χ3n) is 5.70. The van der Waals surface area contributed by atoms with Crippen LogP contribution in [0.5, 0.6) is 5.75 Å². The molecular weight excluding hydrogens is 410 g/mol. The molecule has 0 spiro atoms. The molecule has 0 radical (unpaired) electrons. The van der Waals surface area contributed by atoms with E-state index in [0.29, 0.717) is 11.4 Å². The van der Waals surface area contributed by atoms with Gasteiger partial charge in [0.25, 0.3) is 5.91 Å². The number of amides is 1. The van der Waals surface area contributed by atoms with Gasteiger partial charge in [0.05, 0.1) is 29.7 Å². The summed E-state index contributed by atoms with van der Waals surface area (Å²) < 4.78 is 13.7. The van der Waals surface area contributed by atoms with Crippen molar-refractivity contribution in [3.8, 4) is 17.0 Å². The number of nitrogens with zero attached hydrogens (tertiary/aromatic N) is 2. The molecule has 2 aliphatic heterocycles. The Morgan fingerprint density at radius 1 is 1.23 bits per heavy atom. The zero-order valence-corrected chi connectivity index (χ0v) is 18.5. The van der Waals surface area contributed by atoms with Gasteiger partial charge in [0.15, 0.2) is 11.4 Å². The van der Waals surface area contributed by atoms with Crippen LogP contribution in [0.15, 0.2) is 46.8 Å². The van der Waals surface area contributed by atoms with Gasteiger partial charge in [-0.25, -0.2) is 4.99 Å². The Hall–Kier alpha value is -2.90. The number of hydrogen-bond acceptors (Lipinski definition) is 5. The Bertz CT molecular complexity index is 1210. The van der Waals surface area contributed by atoms with Crippen molar-refractivity contribution < 1.29 is 14.3 Å². The summed E-state index contributed by atoms with van der Waals surface area (Å²) in [5.41, 5.74) is 6.11. The van der Waals surface area contributed by atoms with Crippen LogP contribution in [0, 0.1) is 13.8 Å². The Labute approximate surface area is 185 Å². The second kappa shape index (κ2) is 8.32. The number of carbonyl (C=O) groups excluding carboxylic acids is 1. The number of aromatic nitrogens is 1. The summed E-state index contributed by atoms with van der Waals surface area (Å²) in [7, 11) is 0. The number of ether oxygens (including phenoxy) is 2. The lowest BCUT2D eigenvalue weighted by molar-refractivity contribution is -0.118. The zero-order chi connectivity index (χ0) is 21.4. The zero-order valence-electron chi connectivity index (χ0n) is 17.7. The minimum atomic E-state index is -0.132. The van der Waals surface area contributed by atoms with Crippen LogP contribution in [0.2, 0.25) is 0 Å². The van der Waals surface area contributed by atoms with Gasteiger partial charge in [-0.3, -0.25) is 4.79 Å². The number of hydrogen-bond donors (Lipinski definition) is 1. The largest absolute Gasteiger partial charge is 0.482 e. The number of aryl methyl sites for hydroxylation is 2. The van der Waals surface area contributed by atoms with Crippen LogP contribution < -0.4 is 14.9 Å². The first kappa shape index (κ1) is 20.0. The molecule has 0 bridgehead atoms. The fourth-order valence-electron chi connectivity index (χ4n) is 4.00. The van der Waals surface area contributed by atoms with Crippen molar-refractivity contribution in [3.05, 3.63) is 57.7 Å². The molecule has 7 heteroatoms. The van der Waals surface area contributed by atoms with Gasteiger partial charge in [-0.2, -0.15) is 0 Å². The number of rotatable bonds is 4. The molecule has 3 aromatic rings. The molecule has 2 aromatic carbocycles. The van der Waals surface area contributed by atoms with Crippen molar-refractivity contribution in [2.75, 3.05) is 18.5 Å². The number of fused-ring (bicyclic) bond motifs is 1. The second-order valence-electron chi connectivity index (χ2n) is 8.10. The fraction of sp³-hybridized carbons (Fsp3) is 0.333. The average Bonchev–Trinajstić information content (AvgIpc) is 3.41. The maximum absolute atomic E-state index is 11.8. The van der Waals surface area contributed by atoms with Crippen molar-refractivity contribution in [1.82, 2.24) is 4.57 Å². The lowest BCUT2D eigenvalue weighted by atomic mass is 10.1. The summed E-state index contributed by atoms with van der Waals surface area (Å²) in [5, 5.41) is 5.04. The fourth-order valence-corrected chi connectivity index (χ4v) is 4.93. The molecule has 1 amide bonds. The summed E-state index contributed by atoms with van der Waals surface area (Å²) >= 11 is 1.62. The molecule has 1 aromatic heterocycles. The molecule has 2 aliphatic rings. The molecule has 6 nitrogen and oxygen atoms in total. The van der Waals surface area contributed by atoms with Gasteiger partial charge in [-0.05, 0) is 62.1 Å². The van der Waals surface area contributed by atoms with Crippen LogP contribution in [0.3, 0.4) is 0 Å². The molecule has 1 unspecified atom stereocenters. The van der Waals surface area contributed by atoms with E-state index < -0.39 is 0 Å². The Balaban J connectivity index is 1.61. The van der Waals surface area contributed by atoms with Gasteiger partial charge in [-0.15, -0.1) is 11.3 Å². The van der Waals surface area contributed by atoms with Crippen molar-refractivity contribution in [3.63, 3.8) is 0 Å². The van der Waals surface area contributed by atoms with E-state index in [1.807, 2.05) is 18.2 Å². The van der Waals surface area contributed by atoms with E-state index >= 15 is 0 Å². The average molecular weight is 436 g/mol. The van der Waals surface area contributed by atoms with Crippen molar-refractivity contribution >= 4 is 28.6 Å². The highest BCUT2D eigenvalue weighted by molar-refractivity contribution is 7.07. The summed E-state index contributed by atoms with van der Waals surface area (Å²) in [6, 6.07) is 12.3. The highest BCUT2D eigenvalue weighted by Gasteiger charge is 2.21. The highest BCUT2D eigenvalue weighted by atomic mass is 32.1. The lowest BCUT2D eigenvalue weighted by Gasteiger charge is -2.19. The van der Waals surface area contributed by atoms with Crippen molar-refractivity contribution in [2.45, 2.75) is 39.3 Å². The molecular formula is C24H25N3O3S. The summed E-state index contributed by atoms with van der Waals surface area (Å²) in [5.74, 6) is 0.567. The van der Waals surface area contributed by atoms with Crippen LogP contribution >= 0.6 is 11.3 Å². The van der Waals surface area contributed by atoms with Gasteiger partial charge in [0.1, 0.15) is 5.75 Å². The molecule has 0 saturated carbocycles. The van der Waals surface area contributed by atoms with E-state index in [1.54, 1.807) is 11.3 Å². The lowest BCUT2D eigenvalue weighted by Crippen LogP contribution is -2.25. The SMILES string of the molecule is Cc1ccc(C)c(N=c2scc(-c3ccc4c(c3)NC(=O)CO4)n2CC2CCCO2)c1. The monoisotopic (exact) mass is 435 g/mol. The van der Waals surface area contributed by atoms with Gasteiger partial charge in [0.2, 0.25) is 0 Å². The van der Waals surface area contributed by atoms with E-state index in [9.17, 15) is 4.79 Å². The van der Waals surface area contributed by atoms with Crippen LogP contribution in [-0.4, -0.2) is 29.8 Å². The van der Waals surface area contributed by atoms with Gasteiger partial charge in [0, 0.05) is 17.6 Å². The maximum Gasteiger partial charge on any atom is 0.262 e. The summed E-state index contributed by atoms with van der Waals surface area (Å²) in [6.07, 6.45) is 2.34. The molecule has 1 N–H and O–H groups in total. The molecule has 3 heterocycles. The highest BCUT2D eigenvalue weighted by Crippen LogP contribution is 2.33. The molecule has 31 heavy (non-hydrogen) atoms. The first-order chi connectivity index (χ1) is 15.1. The Kier molecular flexibility index (Phi) is 5.38. The Morgan fingerprint density at radius 3 is 2.97 bits per heavy atom. The van der Waals surface area contributed by atoms with Crippen LogP contribution in [0.1, 0.15) is 24.0 Å². The summed E-state index contributed by atoms with van der Waals surface area (Å²) in [4.78, 5) is 17.7. The van der Waals surface area contributed by atoms with Gasteiger partial charge < -0.3 is 19.4 Å². The van der Waals surface area contributed by atoms with Crippen LogP contribution in [-0.2, 0) is 16.1 Å². The quantitative estimate of drug-likeness (QED) is 0.653. The predicted molar refractivity (Wildman–Crippen MR) is 122 cm³/mol. The predicted octanol–water partition coefficient (Wildman–Crippen LogP) is 4.58. The third-order valence-corrected chi connectivity index (χ3v) is 6.56. The van der Waals surface area contributed by atoms with Crippen LogP contribution in [0.25, 0.3) is 11.3 Å². The Morgan fingerprint density at radius 2 is 2.13 bits per heavy atom. The first-order valence-corrected chi connectivity index (χ1v) is 11.4. The second-order valence-corrected chi connectivity index (χ2v) is 8.94. The van der Waals surface area contributed by atoms with E-state index in [0.717, 1.165) is 53.3 Å². The van der Waals surface area contributed by atoms with E-state index in [1.165, 1.54) is 5.56 Å². The molecule has 160 valence electrons. The molecule has 1 fully saturated rings. The number of thiazole rings is 1. The van der Waals surface area contributed by atoms with Crippen molar-refractivity contribution in [2.24, 2.45) is 4.99 Å². The summed E-state index contributed by atoms with van der Waals surface area (Å²) in [6.45, 7) is 5.80. The molecule has 5 rings (SSSR count). The molecule has 0 aliphatic carbocycles. The van der Waals surface area contributed by atoms with Crippen molar-refractivity contribution in [1.29, 1.82) is 0 Å². The van der Waals surface area contributed by atoms with E-state index in [2.05, 4.69) is 47.3 Å². The first-order valence-electron chi connectivity index (χ1n) is 10.6. The van der Waals surface area contributed by atoms with Crippen LogP contribution in [0.4, 0.5) is 11.4 Å². The minimum absolute atomic E-state index is 0.0582. The number of benzene rings is 2. The van der Waals surface area contributed by atoms with Gasteiger partial charge >= 0.3 is 0 Å². The minimum Gasteiger partial charge on any atom is -0.482 e. The number of carbonyl (C=O) groups is 1. The smallest absolute Gasteiger partial charge is 0.262 e. The number of anilines is 1. The van der Waals surface area contributed by atoms with E-state index in [4.69, 9.17) is 14.5 Å². The normalized spacial score (nSPS) is 18.6. The van der Waals surface area contributed by atoms with E-state index in [-0.39, 0.29) is 18.6 Å².